The molecule has 0 saturated carbocycles. The Morgan fingerprint density at radius 1 is 1.06 bits per heavy atom. The molecule has 1 amide bonds. The lowest BCUT2D eigenvalue weighted by Crippen LogP contribution is -2.20. The number of amidine groups is 1. The lowest BCUT2D eigenvalue weighted by atomic mass is 10.0. The first-order chi connectivity index (χ1) is 14.7. The van der Waals surface area contributed by atoms with Gasteiger partial charge in [-0.2, -0.15) is 8.42 Å². The number of benzene rings is 2. The second kappa shape index (κ2) is 9.43. The average Bonchev–Trinajstić information content (AvgIpc) is 3.12. The molecule has 0 unspecified atom stereocenters. The van der Waals surface area contributed by atoms with Crippen molar-refractivity contribution in [3.8, 4) is 0 Å². The third-order valence-electron chi connectivity index (χ3n) is 5.38. The van der Waals surface area contributed by atoms with E-state index in [4.69, 9.17) is 0 Å². The van der Waals surface area contributed by atoms with E-state index in [1.807, 2.05) is 37.9 Å². The number of amides is 1. The van der Waals surface area contributed by atoms with E-state index < -0.39 is 10.0 Å². The van der Waals surface area contributed by atoms with Gasteiger partial charge in [-0.25, -0.2) is 0 Å². The van der Waals surface area contributed by atoms with Gasteiger partial charge in [0.05, 0.1) is 4.90 Å². The number of likely N-dealkylation sites (tertiary alicyclic amines) is 1. The number of carbonyl (C=O) groups excluding carboxylic acids is 2. The Kier molecular flexibility index (Phi) is 6.90. The highest BCUT2D eigenvalue weighted by molar-refractivity contribution is 7.90. The molecule has 3 rings (SSSR count). The highest BCUT2D eigenvalue weighted by Crippen LogP contribution is 2.20. The standard InChI is InChI=1S/C23H27N3O4S/c1-16-9-10-18(14-17(16)2)21(27)11-12-23(28)24-19-6-4-7-20(15-19)31(29,30)25-22-8-5-13-26(22)3/h4,6-7,9-10,14-15H,5,8,11-13H2,1-3H3,(H,24,28). The van der Waals surface area contributed by atoms with E-state index in [2.05, 4.69) is 9.71 Å². The zero-order chi connectivity index (χ0) is 22.6. The molecule has 0 aliphatic carbocycles. The minimum atomic E-state index is -3.86. The Balaban J connectivity index is 1.63. The summed E-state index contributed by atoms with van der Waals surface area (Å²) in [5.74, 6) is 0.0824. The molecule has 8 heteroatoms. The van der Waals surface area contributed by atoms with Crippen LogP contribution in [0.3, 0.4) is 0 Å². The largest absolute Gasteiger partial charge is 0.362 e. The second-order valence-electron chi connectivity index (χ2n) is 7.81. The first kappa shape index (κ1) is 22.7. The van der Waals surface area contributed by atoms with Gasteiger partial charge in [-0.05, 0) is 55.7 Å². The predicted molar refractivity (Wildman–Crippen MR) is 121 cm³/mol. The number of aryl methyl sites for hydroxylation is 2. The number of ketones is 1. The normalized spacial score (nSPS) is 15.3. The lowest BCUT2D eigenvalue weighted by Gasteiger charge is -2.11. The van der Waals surface area contributed by atoms with Crippen LogP contribution in [0.1, 0.15) is 47.2 Å². The van der Waals surface area contributed by atoms with Crippen LogP contribution in [0.15, 0.2) is 51.8 Å². The maximum atomic E-state index is 12.6. The summed E-state index contributed by atoms with van der Waals surface area (Å²) >= 11 is 0. The minimum Gasteiger partial charge on any atom is -0.362 e. The molecule has 0 atom stereocenters. The van der Waals surface area contributed by atoms with Crippen molar-refractivity contribution in [3.05, 3.63) is 59.2 Å². The van der Waals surface area contributed by atoms with Gasteiger partial charge < -0.3 is 10.2 Å². The van der Waals surface area contributed by atoms with E-state index in [1.165, 1.54) is 12.1 Å². The molecule has 0 aromatic heterocycles. The number of nitrogens with zero attached hydrogens (tertiary/aromatic N) is 2. The highest BCUT2D eigenvalue weighted by Gasteiger charge is 2.20. The SMILES string of the molecule is Cc1ccc(C(=O)CCC(=O)Nc2cccc(S(=O)(=O)N=C3CCCN3C)c2)cc1C. The van der Waals surface area contributed by atoms with Gasteiger partial charge in [0.1, 0.15) is 5.84 Å². The van der Waals surface area contributed by atoms with Crippen LogP contribution in [0.4, 0.5) is 5.69 Å². The van der Waals surface area contributed by atoms with Crippen LogP contribution in [0, 0.1) is 13.8 Å². The van der Waals surface area contributed by atoms with Gasteiger partial charge in [0.15, 0.2) is 5.78 Å². The molecule has 164 valence electrons. The minimum absolute atomic E-state index is 0.00975. The lowest BCUT2D eigenvalue weighted by molar-refractivity contribution is -0.116. The summed E-state index contributed by atoms with van der Waals surface area (Å²) in [6.45, 7) is 4.70. The Morgan fingerprint density at radius 2 is 1.84 bits per heavy atom. The highest BCUT2D eigenvalue weighted by atomic mass is 32.2. The second-order valence-corrected chi connectivity index (χ2v) is 9.41. The van der Waals surface area contributed by atoms with Gasteiger partial charge in [-0.1, -0.05) is 18.2 Å². The number of hydrogen-bond donors (Lipinski definition) is 1. The molecule has 7 nitrogen and oxygen atoms in total. The van der Waals surface area contributed by atoms with Gasteiger partial charge in [-0.15, -0.1) is 4.40 Å². The fraction of sp³-hybridized carbons (Fsp3) is 0.348. The molecular formula is C23H27N3O4S. The average molecular weight is 442 g/mol. The van der Waals surface area contributed by atoms with Crippen molar-refractivity contribution in [2.45, 2.75) is 44.4 Å². The molecule has 1 N–H and O–H groups in total. The summed E-state index contributed by atoms with van der Waals surface area (Å²) in [4.78, 5) is 26.5. The fourth-order valence-electron chi connectivity index (χ4n) is 3.35. The van der Waals surface area contributed by atoms with Crippen molar-refractivity contribution >= 4 is 33.2 Å². The summed E-state index contributed by atoms with van der Waals surface area (Å²) < 4.78 is 29.2. The molecule has 0 spiro atoms. The van der Waals surface area contributed by atoms with Crippen LogP contribution in [-0.2, 0) is 14.8 Å². The van der Waals surface area contributed by atoms with Gasteiger partial charge in [0.2, 0.25) is 5.91 Å². The Morgan fingerprint density at radius 3 is 2.52 bits per heavy atom. The Labute approximate surface area is 183 Å². The van der Waals surface area contributed by atoms with Crippen molar-refractivity contribution in [1.29, 1.82) is 0 Å². The number of Topliss-reactive ketones (excluding diaryl/α,β-unsaturated/α-hetero) is 1. The van der Waals surface area contributed by atoms with E-state index in [9.17, 15) is 18.0 Å². The van der Waals surface area contributed by atoms with Crippen LogP contribution < -0.4 is 5.32 Å². The fourth-order valence-corrected chi connectivity index (χ4v) is 4.49. The topological polar surface area (TPSA) is 95.9 Å². The number of anilines is 1. The summed E-state index contributed by atoms with van der Waals surface area (Å²) in [6.07, 6.45) is 1.59. The van der Waals surface area contributed by atoms with E-state index in [0.29, 0.717) is 23.5 Å². The summed E-state index contributed by atoms with van der Waals surface area (Å²) in [6, 6.07) is 11.5. The van der Waals surface area contributed by atoms with Crippen LogP contribution in [0.5, 0.6) is 0 Å². The predicted octanol–water partition coefficient (Wildman–Crippen LogP) is 3.72. The summed E-state index contributed by atoms with van der Waals surface area (Å²) in [7, 11) is -2.05. The first-order valence-electron chi connectivity index (χ1n) is 10.2. The Bertz CT molecular complexity index is 1140. The maximum absolute atomic E-state index is 12.6. The van der Waals surface area contributed by atoms with Crippen LogP contribution in [0.25, 0.3) is 0 Å². The number of sulfonamides is 1. The third kappa shape index (κ3) is 5.79. The molecule has 2 aromatic carbocycles. The van der Waals surface area contributed by atoms with Crippen molar-refractivity contribution < 1.29 is 18.0 Å². The molecule has 0 bridgehead atoms. The zero-order valence-electron chi connectivity index (χ0n) is 18.0. The number of nitrogens with one attached hydrogen (secondary N) is 1. The van der Waals surface area contributed by atoms with Gasteiger partial charge >= 0.3 is 0 Å². The maximum Gasteiger partial charge on any atom is 0.284 e. The molecule has 1 fully saturated rings. The Hall–Kier alpha value is -3.00. The van der Waals surface area contributed by atoms with Crippen LogP contribution in [-0.4, -0.2) is 44.4 Å². The number of hydrogen-bond acceptors (Lipinski definition) is 4. The van der Waals surface area contributed by atoms with Crippen LogP contribution >= 0.6 is 0 Å². The smallest absolute Gasteiger partial charge is 0.284 e. The quantitative estimate of drug-likeness (QED) is 0.661. The van der Waals surface area contributed by atoms with Crippen molar-refractivity contribution in [1.82, 2.24) is 4.90 Å². The summed E-state index contributed by atoms with van der Waals surface area (Å²) in [5, 5.41) is 2.67. The van der Waals surface area contributed by atoms with E-state index in [1.54, 1.807) is 18.2 Å². The molecule has 0 radical (unpaired) electrons. The first-order valence-corrected chi connectivity index (χ1v) is 11.6. The van der Waals surface area contributed by atoms with Gasteiger partial charge in [0, 0.05) is 44.1 Å². The third-order valence-corrected chi connectivity index (χ3v) is 6.68. The van der Waals surface area contributed by atoms with Crippen LogP contribution in [0.2, 0.25) is 0 Å². The molecule has 31 heavy (non-hydrogen) atoms. The molecule has 2 aromatic rings. The molecule has 1 saturated heterocycles. The van der Waals surface area contributed by atoms with Gasteiger partial charge in [-0.3, -0.25) is 9.59 Å². The van der Waals surface area contributed by atoms with Crippen molar-refractivity contribution in [2.75, 3.05) is 18.9 Å². The monoisotopic (exact) mass is 441 g/mol. The van der Waals surface area contributed by atoms with Crippen molar-refractivity contribution in [3.63, 3.8) is 0 Å². The summed E-state index contributed by atoms with van der Waals surface area (Å²) in [5.41, 5.74) is 3.07. The van der Waals surface area contributed by atoms with Gasteiger partial charge in [0.25, 0.3) is 10.0 Å². The van der Waals surface area contributed by atoms with E-state index in [-0.39, 0.29) is 29.4 Å². The molecule has 1 aliphatic heterocycles. The molecule has 1 heterocycles. The van der Waals surface area contributed by atoms with Crippen molar-refractivity contribution in [2.24, 2.45) is 4.40 Å². The van der Waals surface area contributed by atoms with E-state index in [0.717, 1.165) is 24.1 Å². The number of rotatable bonds is 7. The van der Waals surface area contributed by atoms with E-state index >= 15 is 0 Å². The zero-order valence-corrected chi connectivity index (χ0v) is 18.8. The molecule has 1 aliphatic rings. The number of carbonyl (C=O) groups is 2. The molecular weight excluding hydrogens is 414 g/mol.